The van der Waals surface area contributed by atoms with Crippen LogP contribution in [0.2, 0.25) is 0 Å². The van der Waals surface area contributed by atoms with Crippen molar-refractivity contribution >= 4 is 23.7 Å². The summed E-state index contributed by atoms with van der Waals surface area (Å²) < 4.78 is 4.56. The Kier molecular flexibility index (Phi) is 1.75. The molecule has 0 amide bonds. The highest BCUT2D eigenvalue weighted by molar-refractivity contribution is 7.96. The average molecular weight is 146 g/mol. The van der Waals surface area contributed by atoms with Gasteiger partial charge in [-0.1, -0.05) is 0 Å². The third-order valence-electron chi connectivity index (χ3n) is 1.16. The molecule has 1 rings (SSSR count). The Hall–Kier alpha value is -0.510. The molecule has 50 valence electrons. The lowest BCUT2D eigenvalue weighted by Crippen LogP contribution is -2.14. The van der Waals surface area contributed by atoms with Gasteiger partial charge in [0.15, 0.2) is 6.10 Å². The van der Waals surface area contributed by atoms with Gasteiger partial charge in [0.1, 0.15) is 0 Å². The van der Waals surface area contributed by atoms with E-state index in [9.17, 15) is 9.59 Å². The van der Waals surface area contributed by atoms with Crippen molar-refractivity contribution in [2.24, 2.45) is 0 Å². The van der Waals surface area contributed by atoms with Crippen molar-refractivity contribution in [2.75, 3.05) is 0 Å². The molecule has 1 heterocycles. The van der Waals surface area contributed by atoms with Crippen molar-refractivity contribution in [2.45, 2.75) is 18.9 Å². The van der Waals surface area contributed by atoms with Gasteiger partial charge in [-0.25, -0.2) is 0 Å². The monoisotopic (exact) mass is 146 g/mol. The zero-order chi connectivity index (χ0) is 6.85. The maximum Gasteiger partial charge on any atom is 0.306 e. The maximum atomic E-state index is 10.4. The quantitative estimate of drug-likeness (QED) is 0.423. The summed E-state index contributed by atoms with van der Waals surface area (Å²) in [5.74, 6) is -0.303. The molecule has 1 aliphatic rings. The number of carbonyl (C=O) groups excluding carboxylic acids is 2. The van der Waals surface area contributed by atoms with Gasteiger partial charge < -0.3 is 4.74 Å². The van der Waals surface area contributed by atoms with E-state index in [0.717, 1.165) is 0 Å². The van der Waals surface area contributed by atoms with Crippen molar-refractivity contribution in [1.82, 2.24) is 0 Å². The first-order valence-electron chi connectivity index (χ1n) is 2.62. The second-order valence-corrected chi connectivity index (χ2v) is 2.30. The second kappa shape index (κ2) is 2.39. The Labute approximate surface area is 57.8 Å². The maximum absolute atomic E-state index is 10.4. The molecule has 0 bridgehead atoms. The molecule has 1 saturated heterocycles. The molecule has 0 aromatic rings. The van der Waals surface area contributed by atoms with E-state index >= 15 is 0 Å². The van der Waals surface area contributed by atoms with Crippen molar-refractivity contribution in [3.8, 4) is 0 Å². The summed E-state index contributed by atoms with van der Waals surface area (Å²) in [4.78, 5) is 20.7. The first kappa shape index (κ1) is 6.61. The smallest absolute Gasteiger partial charge is 0.306 e. The molecule has 0 aliphatic carbocycles. The van der Waals surface area contributed by atoms with Gasteiger partial charge in [0.2, 0.25) is 5.12 Å². The van der Waals surface area contributed by atoms with Crippen LogP contribution in [-0.4, -0.2) is 17.2 Å². The summed E-state index contributed by atoms with van der Waals surface area (Å²) in [5.41, 5.74) is 0. The molecular formula is C5H6O3S. The summed E-state index contributed by atoms with van der Waals surface area (Å²) in [6.45, 7) is 0. The third-order valence-corrected chi connectivity index (χ3v) is 1.45. The molecule has 0 N–H and O–H groups in total. The number of hydrogen-bond acceptors (Lipinski definition) is 3. The van der Waals surface area contributed by atoms with Gasteiger partial charge >= 0.3 is 5.97 Å². The lowest BCUT2D eigenvalue weighted by Gasteiger charge is -2.00. The minimum absolute atomic E-state index is 0.303. The van der Waals surface area contributed by atoms with Gasteiger partial charge in [-0.15, -0.1) is 12.6 Å². The Morgan fingerprint density at radius 2 is 2.44 bits per heavy atom. The van der Waals surface area contributed by atoms with Gasteiger partial charge in [-0.2, -0.15) is 0 Å². The van der Waals surface area contributed by atoms with Crippen LogP contribution in [0.5, 0.6) is 0 Å². The van der Waals surface area contributed by atoms with Gasteiger partial charge in [-0.05, 0) is 0 Å². The Morgan fingerprint density at radius 1 is 1.78 bits per heavy atom. The highest BCUT2D eigenvalue weighted by Crippen LogP contribution is 2.15. The van der Waals surface area contributed by atoms with Crippen LogP contribution in [0.15, 0.2) is 0 Å². The Morgan fingerprint density at radius 3 is 2.67 bits per heavy atom. The first-order valence-corrected chi connectivity index (χ1v) is 3.07. The van der Waals surface area contributed by atoms with Crippen molar-refractivity contribution in [1.29, 1.82) is 0 Å². The number of ether oxygens (including phenoxy) is 1. The highest BCUT2D eigenvalue weighted by atomic mass is 32.1. The van der Waals surface area contributed by atoms with Crippen LogP contribution in [0.25, 0.3) is 0 Å². The fourth-order valence-electron chi connectivity index (χ4n) is 0.699. The molecule has 0 aromatic carbocycles. The van der Waals surface area contributed by atoms with E-state index in [1.54, 1.807) is 0 Å². The summed E-state index contributed by atoms with van der Waals surface area (Å²) in [7, 11) is 0. The largest absolute Gasteiger partial charge is 0.453 e. The highest BCUT2D eigenvalue weighted by Gasteiger charge is 2.27. The third kappa shape index (κ3) is 1.45. The standard InChI is InChI=1S/C5H6O3S/c6-4-2-1-3(8-4)5(7)9/h3H,1-2H2,(H,7,9). The Bertz CT molecular complexity index is 154. The Balaban J connectivity index is 2.48. The molecule has 0 aromatic heterocycles. The number of hydrogen-bond donors (Lipinski definition) is 1. The molecule has 1 unspecified atom stereocenters. The molecule has 4 heteroatoms. The van der Waals surface area contributed by atoms with Crippen molar-refractivity contribution < 1.29 is 14.3 Å². The van der Waals surface area contributed by atoms with Crippen LogP contribution in [0.4, 0.5) is 0 Å². The average Bonchev–Trinajstić information content (AvgIpc) is 2.14. The topological polar surface area (TPSA) is 43.4 Å². The van der Waals surface area contributed by atoms with E-state index < -0.39 is 6.10 Å². The molecule has 0 spiro atoms. The predicted molar refractivity (Wildman–Crippen MR) is 33.1 cm³/mol. The fourth-order valence-corrected chi connectivity index (χ4v) is 0.881. The molecule has 1 atom stereocenters. The van der Waals surface area contributed by atoms with E-state index in [1.165, 1.54) is 0 Å². The molecule has 1 aliphatic heterocycles. The normalized spacial score (nSPS) is 25.9. The minimum Gasteiger partial charge on any atom is -0.453 e. The number of esters is 1. The van der Waals surface area contributed by atoms with Crippen molar-refractivity contribution in [3.05, 3.63) is 0 Å². The van der Waals surface area contributed by atoms with E-state index in [-0.39, 0.29) is 11.1 Å². The van der Waals surface area contributed by atoms with Crippen LogP contribution in [0.3, 0.4) is 0 Å². The van der Waals surface area contributed by atoms with Gasteiger partial charge in [0.05, 0.1) is 0 Å². The predicted octanol–water partition coefficient (Wildman–Crippen LogP) is 0.148. The van der Waals surface area contributed by atoms with Gasteiger partial charge in [-0.3, -0.25) is 9.59 Å². The van der Waals surface area contributed by atoms with Crippen LogP contribution < -0.4 is 0 Å². The van der Waals surface area contributed by atoms with Crippen LogP contribution in [0.1, 0.15) is 12.8 Å². The summed E-state index contributed by atoms with van der Waals surface area (Å²) in [6.07, 6.45) is 0.249. The number of cyclic esters (lactones) is 1. The molecule has 1 fully saturated rings. The van der Waals surface area contributed by atoms with Crippen LogP contribution in [0, 0.1) is 0 Å². The van der Waals surface area contributed by atoms with E-state index in [1.807, 2.05) is 0 Å². The van der Waals surface area contributed by atoms with E-state index in [4.69, 9.17) is 0 Å². The first-order chi connectivity index (χ1) is 4.20. The molecular weight excluding hydrogens is 140 g/mol. The minimum atomic E-state index is -0.583. The van der Waals surface area contributed by atoms with Gasteiger partial charge in [0, 0.05) is 12.8 Å². The second-order valence-electron chi connectivity index (χ2n) is 1.86. The lowest BCUT2D eigenvalue weighted by atomic mass is 10.2. The molecule has 9 heavy (non-hydrogen) atoms. The fraction of sp³-hybridized carbons (Fsp3) is 0.600. The van der Waals surface area contributed by atoms with Crippen LogP contribution >= 0.6 is 12.6 Å². The van der Waals surface area contributed by atoms with Crippen molar-refractivity contribution in [3.63, 3.8) is 0 Å². The van der Waals surface area contributed by atoms with E-state index in [2.05, 4.69) is 17.4 Å². The number of thiol groups is 1. The summed E-state index contributed by atoms with van der Waals surface area (Å²) in [5, 5.41) is -0.360. The van der Waals surface area contributed by atoms with Gasteiger partial charge in [0.25, 0.3) is 0 Å². The number of rotatable bonds is 1. The number of carbonyl (C=O) groups is 2. The lowest BCUT2D eigenvalue weighted by molar-refractivity contribution is -0.144. The zero-order valence-corrected chi connectivity index (χ0v) is 5.56. The SMILES string of the molecule is O=C1CCC(C(=O)S)O1. The zero-order valence-electron chi connectivity index (χ0n) is 4.66. The summed E-state index contributed by atoms with van der Waals surface area (Å²) >= 11 is 3.52. The van der Waals surface area contributed by atoms with E-state index in [0.29, 0.717) is 12.8 Å². The molecule has 0 saturated carbocycles. The van der Waals surface area contributed by atoms with Crippen LogP contribution in [-0.2, 0) is 14.3 Å². The molecule has 0 radical (unpaired) electrons. The molecule has 3 nitrogen and oxygen atoms in total. The summed E-state index contributed by atoms with van der Waals surface area (Å²) in [6, 6.07) is 0.